The van der Waals surface area contributed by atoms with Crippen molar-refractivity contribution >= 4 is 34.1 Å². The van der Waals surface area contributed by atoms with Crippen LogP contribution in [0.1, 0.15) is 29.3 Å². The number of benzene rings is 1. The highest BCUT2D eigenvalue weighted by Gasteiger charge is 2.20. The summed E-state index contributed by atoms with van der Waals surface area (Å²) < 4.78 is 15.6. The van der Waals surface area contributed by atoms with Gasteiger partial charge in [0.1, 0.15) is 16.5 Å². The molecule has 2 aromatic rings. The Morgan fingerprint density at radius 3 is 2.36 bits per heavy atom. The molecule has 0 saturated carbocycles. The van der Waals surface area contributed by atoms with Crippen LogP contribution in [0.25, 0.3) is 0 Å². The van der Waals surface area contributed by atoms with Gasteiger partial charge in [0.2, 0.25) is 0 Å². The third kappa shape index (κ3) is 5.71. The minimum Gasteiger partial charge on any atom is -0.497 e. The summed E-state index contributed by atoms with van der Waals surface area (Å²) in [5.74, 6) is -0.463. The lowest BCUT2D eigenvalue weighted by molar-refractivity contribution is -0.153. The lowest BCUT2D eigenvalue weighted by Gasteiger charge is -2.13. The van der Waals surface area contributed by atoms with Crippen molar-refractivity contribution in [3.63, 3.8) is 0 Å². The summed E-state index contributed by atoms with van der Waals surface area (Å²) in [6.07, 6.45) is -0.535. The van der Waals surface area contributed by atoms with Crippen LogP contribution < -0.4 is 20.5 Å². The molecule has 0 fully saturated rings. The topological polar surface area (TPSA) is 117 Å². The fraction of sp³-hybridized carbons (Fsp3) is 0.316. The van der Waals surface area contributed by atoms with Crippen LogP contribution in [0, 0.1) is 0 Å². The molecular weight excluding hydrogens is 384 g/mol. The van der Waals surface area contributed by atoms with Crippen molar-refractivity contribution < 1.29 is 28.6 Å². The van der Waals surface area contributed by atoms with Crippen LogP contribution in [0.5, 0.6) is 11.5 Å². The maximum Gasteiger partial charge on any atom is 0.306 e. The number of aryl methyl sites for hydroxylation is 1. The van der Waals surface area contributed by atoms with E-state index in [4.69, 9.17) is 19.9 Å². The zero-order valence-electron chi connectivity index (χ0n) is 15.8. The third-order valence-electron chi connectivity index (χ3n) is 3.87. The molecule has 0 unspecified atom stereocenters. The molecule has 0 saturated heterocycles. The van der Waals surface area contributed by atoms with E-state index in [-0.39, 0.29) is 12.0 Å². The number of thiophene rings is 1. The summed E-state index contributed by atoms with van der Waals surface area (Å²) in [6.45, 7) is 1.46. The van der Waals surface area contributed by atoms with Gasteiger partial charge >= 0.3 is 5.97 Å². The first kappa shape index (κ1) is 21.2. The number of amides is 2. The van der Waals surface area contributed by atoms with E-state index in [0.717, 1.165) is 16.9 Å². The molecule has 0 radical (unpaired) electrons. The molecule has 3 N–H and O–H groups in total. The standard InChI is InChI=1S/C19H22N2O6S/c1-11(18(24)21-19-15(17(20)23)6-7-28-19)27-16(22)5-4-12-8-13(25-2)10-14(9-12)26-3/h6-11H,4-5H2,1-3H3,(H2,20,23)(H,21,24)/t11-/m0/s1. The van der Waals surface area contributed by atoms with Crippen LogP contribution in [-0.2, 0) is 20.7 Å². The molecule has 28 heavy (non-hydrogen) atoms. The number of hydrogen-bond donors (Lipinski definition) is 2. The number of rotatable bonds is 9. The van der Waals surface area contributed by atoms with Crippen LogP contribution in [0.3, 0.4) is 0 Å². The lowest BCUT2D eigenvalue weighted by atomic mass is 10.1. The number of primary amides is 1. The Kier molecular flexibility index (Phi) is 7.39. The summed E-state index contributed by atoms with van der Waals surface area (Å²) in [6, 6.07) is 6.85. The minimum atomic E-state index is -1.02. The maximum absolute atomic E-state index is 12.2. The minimum absolute atomic E-state index is 0.0828. The van der Waals surface area contributed by atoms with Crippen molar-refractivity contribution in [2.24, 2.45) is 5.73 Å². The SMILES string of the molecule is COc1cc(CCC(=O)O[C@@H](C)C(=O)Nc2sccc2C(N)=O)cc(OC)c1. The van der Waals surface area contributed by atoms with Crippen molar-refractivity contribution in [1.29, 1.82) is 0 Å². The zero-order chi connectivity index (χ0) is 20.7. The van der Waals surface area contributed by atoms with Crippen LogP contribution in [0.15, 0.2) is 29.6 Å². The molecule has 8 nitrogen and oxygen atoms in total. The fourth-order valence-corrected chi connectivity index (χ4v) is 3.18. The molecule has 2 rings (SSSR count). The van der Waals surface area contributed by atoms with E-state index in [2.05, 4.69) is 5.32 Å². The number of nitrogens with two attached hydrogens (primary N) is 1. The second kappa shape index (κ2) is 9.75. The number of methoxy groups -OCH3 is 2. The summed E-state index contributed by atoms with van der Waals surface area (Å²) >= 11 is 1.16. The number of carbonyl (C=O) groups is 3. The van der Waals surface area contributed by atoms with E-state index >= 15 is 0 Å². The Hall–Kier alpha value is -3.07. The second-order valence-electron chi connectivity index (χ2n) is 5.87. The Morgan fingerprint density at radius 2 is 1.79 bits per heavy atom. The van der Waals surface area contributed by atoms with Gasteiger partial charge in [-0.2, -0.15) is 0 Å². The molecule has 1 heterocycles. The van der Waals surface area contributed by atoms with Crippen LogP contribution in [-0.4, -0.2) is 38.1 Å². The molecule has 1 aromatic heterocycles. The Balaban J connectivity index is 1.89. The summed E-state index contributed by atoms with van der Waals surface area (Å²) in [5.41, 5.74) is 6.30. The molecule has 0 spiro atoms. The predicted octanol–water partition coefficient (Wildman–Crippen LogP) is 2.37. The molecule has 0 bridgehead atoms. The van der Waals surface area contributed by atoms with Gasteiger partial charge < -0.3 is 25.3 Å². The van der Waals surface area contributed by atoms with Gasteiger partial charge in [-0.1, -0.05) is 0 Å². The van der Waals surface area contributed by atoms with E-state index in [1.54, 1.807) is 37.8 Å². The first-order valence-corrected chi connectivity index (χ1v) is 9.31. The van der Waals surface area contributed by atoms with Crippen molar-refractivity contribution in [2.45, 2.75) is 25.9 Å². The molecule has 150 valence electrons. The normalized spacial score (nSPS) is 11.4. The third-order valence-corrected chi connectivity index (χ3v) is 4.70. The van der Waals surface area contributed by atoms with Gasteiger partial charge in [-0.05, 0) is 42.5 Å². The Bertz CT molecular complexity index is 842. The second-order valence-corrected chi connectivity index (χ2v) is 6.79. The highest BCUT2D eigenvalue weighted by Crippen LogP contribution is 2.24. The molecular formula is C19H22N2O6S. The van der Waals surface area contributed by atoms with Gasteiger partial charge in [-0.25, -0.2) is 0 Å². The van der Waals surface area contributed by atoms with E-state index < -0.39 is 23.9 Å². The van der Waals surface area contributed by atoms with Gasteiger partial charge in [-0.15, -0.1) is 11.3 Å². The van der Waals surface area contributed by atoms with Crippen molar-refractivity contribution in [3.8, 4) is 11.5 Å². The van der Waals surface area contributed by atoms with Crippen LogP contribution >= 0.6 is 11.3 Å². The van der Waals surface area contributed by atoms with Crippen molar-refractivity contribution in [1.82, 2.24) is 0 Å². The summed E-state index contributed by atoms with van der Waals surface area (Å²) in [4.78, 5) is 35.6. The smallest absolute Gasteiger partial charge is 0.306 e. The number of carbonyl (C=O) groups excluding carboxylic acids is 3. The number of nitrogens with one attached hydrogen (secondary N) is 1. The molecule has 1 aromatic carbocycles. The van der Waals surface area contributed by atoms with Gasteiger partial charge in [0.25, 0.3) is 11.8 Å². The number of ether oxygens (including phenoxy) is 3. The molecule has 9 heteroatoms. The fourth-order valence-electron chi connectivity index (χ4n) is 2.38. The van der Waals surface area contributed by atoms with Crippen molar-refractivity contribution in [2.75, 3.05) is 19.5 Å². The monoisotopic (exact) mass is 406 g/mol. The van der Waals surface area contributed by atoms with E-state index in [9.17, 15) is 14.4 Å². The predicted molar refractivity (Wildman–Crippen MR) is 105 cm³/mol. The highest BCUT2D eigenvalue weighted by atomic mass is 32.1. The largest absolute Gasteiger partial charge is 0.497 e. The Morgan fingerprint density at radius 1 is 1.14 bits per heavy atom. The molecule has 0 aliphatic rings. The van der Waals surface area contributed by atoms with Crippen LogP contribution in [0.4, 0.5) is 5.00 Å². The molecule has 0 aliphatic heterocycles. The van der Waals surface area contributed by atoms with Gasteiger partial charge in [0.05, 0.1) is 19.8 Å². The first-order chi connectivity index (χ1) is 13.3. The van der Waals surface area contributed by atoms with Gasteiger partial charge in [-0.3, -0.25) is 14.4 Å². The number of hydrogen-bond acceptors (Lipinski definition) is 7. The van der Waals surface area contributed by atoms with E-state index in [1.807, 2.05) is 0 Å². The average Bonchev–Trinajstić information content (AvgIpc) is 3.14. The maximum atomic E-state index is 12.2. The number of anilines is 1. The lowest BCUT2D eigenvalue weighted by Crippen LogP contribution is -2.30. The van der Waals surface area contributed by atoms with E-state index in [0.29, 0.717) is 22.9 Å². The first-order valence-electron chi connectivity index (χ1n) is 8.43. The molecule has 0 aliphatic carbocycles. The van der Waals surface area contributed by atoms with Crippen LogP contribution in [0.2, 0.25) is 0 Å². The Labute approximate surface area is 166 Å². The van der Waals surface area contributed by atoms with Gasteiger partial charge in [0.15, 0.2) is 6.10 Å². The number of esters is 1. The molecule has 1 atom stereocenters. The quantitative estimate of drug-likeness (QED) is 0.618. The zero-order valence-corrected chi connectivity index (χ0v) is 16.6. The van der Waals surface area contributed by atoms with Crippen molar-refractivity contribution in [3.05, 3.63) is 40.8 Å². The average molecular weight is 406 g/mol. The van der Waals surface area contributed by atoms with Gasteiger partial charge in [0, 0.05) is 12.5 Å². The summed E-state index contributed by atoms with van der Waals surface area (Å²) in [7, 11) is 3.09. The van der Waals surface area contributed by atoms with E-state index in [1.165, 1.54) is 13.0 Å². The highest BCUT2D eigenvalue weighted by molar-refractivity contribution is 7.14. The molecule has 2 amide bonds. The summed E-state index contributed by atoms with van der Waals surface area (Å²) in [5, 5.41) is 4.51.